The number of hydrogen-bond acceptors (Lipinski definition) is 2. The Hall–Kier alpha value is -2.07. The Bertz CT molecular complexity index is 549. The van der Waals surface area contributed by atoms with E-state index in [1.807, 2.05) is 41.1 Å². The van der Waals surface area contributed by atoms with Crippen molar-refractivity contribution in [2.45, 2.75) is 13.0 Å². The quantitative estimate of drug-likeness (QED) is 0.871. The molecule has 2 rings (SSSR count). The maximum Gasteiger partial charge on any atom is 0.270 e. The molecular formula is C16H20N2O2. The Morgan fingerprint density at radius 2 is 1.95 bits per heavy atom. The van der Waals surface area contributed by atoms with Crippen molar-refractivity contribution in [3.63, 3.8) is 0 Å². The average Bonchev–Trinajstić information content (AvgIpc) is 2.94. The van der Waals surface area contributed by atoms with Gasteiger partial charge in [0.25, 0.3) is 5.91 Å². The highest BCUT2D eigenvalue weighted by Crippen LogP contribution is 2.08. The number of carbonyl (C=O) groups excluding carboxylic acids is 1. The summed E-state index contributed by atoms with van der Waals surface area (Å²) in [6.07, 6.45) is 2.81. The maximum atomic E-state index is 12.2. The van der Waals surface area contributed by atoms with Crippen LogP contribution >= 0.6 is 0 Å². The highest BCUT2D eigenvalue weighted by molar-refractivity contribution is 5.92. The summed E-state index contributed by atoms with van der Waals surface area (Å²) in [5.74, 6) is -0.0582. The molecule has 0 spiro atoms. The zero-order valence-electron chi connectivity index (χ0n) is 11.7. The molecule has 1 N–H and O–H groups in total. The summed E-state index contributed by atoms with van der Waals surface area (Å²) >= 11 is 0. The van der Waals surface area contributed by atoms with Crippen molar-refractivity contribution < 1.29 is 9.90 Å². The summed E-state index contributed by atoms with van der Waals surface area (Å²) in [6.45, 7) is 1.10. The number of aliphatic hydroxyl groups is 1. The second kappa shape index (κ2) is 6.91. The fourth-order valence-electron chi connectivity index (χ4n) is 2.14. The summed E-state index contributed by atoms with van der Waals surface area (Å²) in [7, 11) is 1.70. The lowest BCUT2D eigenvalue weighted by Gasteiger charge is -2.17. The van der Waals surface area contributed by atoms with Crippen LogP contribution in [-0.4, -0.2) is 40.7 Å². The van der Waals surface area contributed by atoms with E-state index in [0.29, 0.717) is 12.2 Å². The van der Waals surface area contributed by atoms with E-state index in [4.69, 9.17) is 5.11 Å². The lowest BCUT2D eigenvalue weighted by atomic mass is 10.1. The van der Waals surface area contributed by atoms with Gasteiger partial charge in [-0.1, -0.05) is 30.3 Å². The number of likely N-dealkylation sites (N-methyl/N-ethyl adjacent to an activating group) is 1. The molecule has 20 heavy (non-hydrogen) atoms. The van der Waals surface area contributed by atoms with Crippen molar-refractivity contribution in [3.8, 4) is 0 Å². The van der Waals surface area contributed by atoms with Crippen LogP contribution in [0.2, 0.25) is 0 Å². The molecule has 0 saturated carbocycles. The Balaban J connectivity index is 2.03. The molecular weight excluding hydrogens is 252 g/mol. The molecule has 0 atom stereocenters. The highest BCUT2D eigenvalue weighted by Gasteiger charge is 2.14. The molecule has 4 heteroatoms. The molecule has 0 radical (unpaired) electrons. The van der Waals surface area contributed by atoms with Gasteiger partial charge in [0.05, 0.1) is 6.61 Å². The lowest BCUT2D eigenvalue weighted by Crippen LogP contribution is -2.31. The van der Waals surface area contributed by atoms with Crippen molar-refractivity contribution in [3.05, 3.63) is 59.9 Å². The number of hydrogen-bond donors (Lipinski definition) is 1. The first kappa shape index (κ1) is 14.3. The SMILES string of the molecule is CN(CCO)C(=O)c1cccn1CCc1ccccc1. The predicted octanol–water partition coefficient (Wildman–Crippen LogP) is 1.80. The van der Waals surface area contributed by atoms with E-state index in [1.54, 1.807) is 7.05 Å². The van der Waals surface area contributed by atoms with Gasteiger partial charge in [0, 0.05) is 26.3 Å². The predicted molar refractivity (Wildman–Crippen MR) is 78.6 cm³/mol. The molecule has 1 aromatic heterocycles. The molecule has 4 nitrogen and oxygen atoms in total. The van der Waals surface area contributed by atoms with Crippen molar-refractivity contribution in [1.82, 2.24) is 9.47 Å². The molecule has 0 bridgehead atoms. The van der Waals surface area contributed by atoms with Gasteiger partial charge in [-0.05, 0) is 24.1 Å². The van der Waals surface area contributed by atoms with E-state index in [1.165, 1.54) is 10.5 Å². The van der Waals surface area contributed by atoms with E-state index >= 15 is 0 Å². The summed E-state index contributed by atoms with van der Waals surface area (Å²) in [5.41, 5.74) is 1.92. The lowest BCUT2D eigenvalue weighted by molar-refractivity contribution is 0.0756. The Morgan fingerprint density at radius 1 is 1.20 bits per heavy atom. The van der Waals surface area contributed by atoms with Crippen LogP contribution < -0.4 is 0 Å². The Labute approximate surface area is 119 Å². The smallest absolute Gasteiger partial charge is 0.270 e. The molecule has 0 unspecified atom stereocenters. The van der Waals surface area contributed by atoms with Crippen LogP contribution in [0.25, 0.3) is 0 Å². The minimum absolute atomic E-state index is 0.0209. The number of aliphatic hydroxyl groups excluding tert-OH is 1. The largest absolute Gasteiger partial charge is 0.395 e. The molecule has 0 aliphatic carbocycles. The van der Waals surface area contributed by atoms with Crippen molar-refractivity contribution >= 4 is 5.91 Å². The van der Waals surface area contributed by atoms with Gasteiger partial charge in [0.1, 0.15) is 5.69 Å². The van der Waals surface area contributed by atoms with Gasteiger partial charge in [0.2, 0.25) is 0 Å². The molecule has 1 amide bonds. The second-order valence-corrected chi connectivity index (χ2v) is 4.77. The van der Waals surface area contributed by atoms with Gasteiger partial charge in [-0.15, -0.1) is 0 Å². The third-order valence-corrected chi connectivity index (χ3v) is 3.31. The molecule has 1 aromatic carbocycles. The number of rotatable bonds is 6. The Morgan fingerprint density at radius 3 is 2.65 bits per heavy atom. The molecule has 0 saturated heterocycles. The number of carbonyl (C=O) groups is 1. The van der Waals surface area contributed by atoms with Crippen molar-refractivity contribution in [1.29, 1.82) is 0 Å². The topological polar surface area (TPSA) is 45.5 Å². The standard InChI is InChI=1S/C16H20N2O2/c1-17(12-13-19)16(20)15-8-5-10-18(15)11-9-14-6-3-2-4-7-14/h2-8,10,19H,9,11-13H2,1H3. The van der Waals surface area contributed by atoms with Crippen LogP contribution in [0.5, 0.6) is 0 Å². The first-order chi connectivity index (χ1) is 9.72. The van der Waals surface area contributed by atoms with E-state index in [9.17, 15) is 4.79 Å². The first-order valence-corrected chi connectivity index (χ1v) is 6.78. The third-order valence-electron chi connectivity index (χ3n) is 3.31. The Kier molecular flexibility index (Phi) is 4.96. The summed E-state index contributed by atoms with van der Waals surface area (Å²) < 4.78 is 1.96. The minimum Gasteiger partial charge on any atom is -0.395 e. The number of amides is 1. The molecule has 0 aliphatic rings. The van der Waals surface area contributed by atoms with E-state index in [-0.39, 0.29) is 12.5 Å². The monoisotopic (exact) mass is 272 g/mol. The summed E-state index contributed by atoms with van der Waals surface area (Å²) in [5, 5.41) is 8.90. The maximum absolute atomic E-state index is 12.2. The second-order valence-electron chi connectivity index (χ2n) is 4.77. The van der Waals surface area contributed by atoms with Gasteiger partial charge in [0.15, 0.2) is 0 Å². The summed E-state index contributed by atoms with van der Waals surface area (Å²) in [4.78, 5) is 13.8. The van der Waals surface area contributed by atoms with Gasteiger partial charge in [-0.25, -0.2) is 0 Å². The van der Waals surface area contributed by atoms with E-state index in [2.05, 4.69) is 12.1 Å². The molecule has 2 aromatic rings. The van der Waals surface area contributed by atoms with E-state index < -0.39 is 0 Å². The van der Waals surface area contributed by atoms with Gasteiger partial charge < -0.3 is 14.6 Å². The van der Waals surface area contributed by atoms with Gasteiger partial charge >= 0.3 is 0 Å². The fraction of sp³-hybridized carbons (Fsp3) is 0.312. The normalized spacial score (nSPS) is 10.5. The number of benzene rings is 1. The van der Waals surface area contributed by atoms with Crippen molar-refractivity contribution in [2.75, 3.05) is 20.2 Å². The number of nitrogens with zero attached hydrogens (tertiary/aromatic N) is 2. The fourth-order valence-corrected chi connectivity index (χ4v) is 2.14. The zero-order chi connectivity index (χ0) is 14.4. The average molecular weight is 272 g/mol. The van der Waals surface area contributed by atoms with Crippen LogP contribution in [0.1, 0.15) is 16.1 Å². The molecule has 0 fully saturated rings. The minimum atomic E-state index is -0.0582. The van der Waals surface area contributed by atoms with E-state index in [0.717, 1.165) is 13.0 Å². The van der Waals surface area contributed by atoms with Crippen LogP contribution in [0.4, 0.5) is 0 Å². The van der Waals surface area contributed by atoms with Crippen LogP contribution in [0.15, 0.2) is 48.7 Å². The highest BCUT2D eigenvalue weighted by atomic mass is 16.3. The zero-order valence-corrected chi connectivity index (χ0v) is 11.7. The molecule has 1 heterocycles. The number of aryl methyl sites for hydroxylation is 2. The molecule has 0 aliphatic heterocycles. The van der Waals surface area contributed by atoms with Gasteiger partial charge in [-0.3, -0.25) is 4.79 Å². The van der Waals surface area contributed by atoms with Crippen LogP contribution in [0, 0.1) is 0 Å². The van der Waals surface area contributed by atoms with Crippen molar-refractivity contribution in [2.24, 2.45) is 0 Å². The molecule has 106 valence electrons. The summed E-state index contributed by atoms with van der Waals surface area (Å²) in [6, 6.07) is 13.9. The first-order valence-electron chi connectivity index (χ1n) is 6.78. The van der Waals surface area contributed by atoms with Gasteiger partial charge in [-0.2, -0.15) is 0 Å². The number of aromatic nitrogens is 1. The van der Waals surface area contributed by atoms with Crippen LogP contribution in [0.3, 0.4) is 0 Å². The van der Waals surface area contributed by atoms with Crippen LogP contribution in [-0.2, 0) is 13.0 Å². The third kappa shape index (κ3) is 3.48.